The lowest BCUT2D eigenvalue weighted by molar-refractivity contribution is -0.383. The number of nitrogens with one attached hydrogen (secondary N) is 1. The fourth-order valence-corrected chi connectivity index (χ4v) is 1.41. The van der Waals surface area contributed by atoms with E-state index in [1.165, 1.54) is 18.2 Å². The van der Waals surface area contributed by atoms with E-state index in [4.69, 9.17) is 0 Å². The Morgan fingerprint density at radius 3 is 2.87 bits per heavy atom. The van der Waals surface area contributed by atoms with Crippen molar-refractivity contribution >= 4 is 16.6 Å². The standard InChI is InChI=1S/C9H7N3O3/c1-5-10-8-6(9(13)11-5)3-2-4-7(8)12(14)15/h2-4H,1H3,(H,10,11,13). The van der Waals surface area contributed by atoms with Crippen LogP contribution in [0, 0.1) is 17.0 Å². The number of nitrogens with zero attached hydrogens (tertiary/aromatic N) is 2. The van der Waals surface area contributed by atoms with Gasteiger partial charge in [0.2, 0.25) is 0 Å². The molecule has 0 radical (unpaired) electrons. The van der Waals surface area contributed by atoms with Crippen LogP contribution >= 0.6 is 0 Å². The molecule has 0 fully saturated rings. The molecule has 15 heavy (non-hydrogen) atoms. The number of aromatic amines is 1. The summed E-state index contributed by atoms with van der Waals surface area (Å²) in [5, 5.41) is 10.9. The highest BCUT2D eigenvalue weighted by Gasteiger charge is 2.14. The zero-order valence-corrected chi connectivity index (χ0v) is 7.85. The molecule has 0 bridgehead atoms. The molecule has 0 saturated heterocycles. The van der Waals surface area contributed by atoms with Crippen LogP contribution in [0.3, 0.4) is 0 Å². The van der Waals surface area contributed by atoms with Crippen LogP contribution in [-0.2, 0) is 0 Å². The summed E-state index contributed by atoms with van der Waals surface area (Å²) in [5.41, 5.74) is -0.383. The molecule has 1 N–H and O–H groups in total. The molecule has 6 nitrogen and oxygen atoms in total. The van der Waals surface area contributed by atoms with Crippen molar-refractivity contribution in [3.8, 4) is 0 Å². The second-order valence-corrected chi connectivity index (χ2v) is 3.08. The Labute approximate surface area is 83.7 Å². The second-order valence-electron chi connectivity index (χ2n) is 3.08. The van der Waals surface area contributed by atoms with Crippen LogP contribution in [0.4, 0.5) is 5.69 Å². The number of nitro groups is 1. The van der Waals surface area contributed by atoms with Crippen molar-refractivity contribution in [2.24, 2.45) is 0 Å². The highest BCUT2D eigenvalue weighted by Crippen LogP contribution is 2.20. The van der Waals surface area contributed by atoms with Gasteiger partial charge in [-0.1, -0.05) is 6.07 Å². The van der Waals surface area contributed by atoms with Gasteiger partial charge in [-0.15, -0.1) is 0 Å². The molecule has 0 aliphatic rings. The minimum atomic E-state index is -0.547. The smallest absolute Gasteiger partial charge is 0.295 e. The second kappa shape index (κ2) is 3.16. The maximum Gasteiger partial charge on any atom is 0.295 e. The van der Waals surface area contributed by atoms with Gasteiger partial charge < -0.3 is 4.98 Å². The molecule has 6 heteroatoms. The first-order valence-electron chi connectivity index (χ1n) is 4.23. The zero-order chi connectivity index (χ0) is 11.0. The molecule has 0 amide bonds. The summed E-state index contributed by atoms with van der Waals surface area (Å²) in [6, 6.07) is 4.30. The predicted molar refractivity (Wildman–Crippen MR) is 53.8 cm³/mol. The van der Waals surface area contributed by atoms with Crippen molar-refractivity contribution in [2.45, 2.75) is 6.92 Å². The number of para-hydroxylation sites is 1. The Morgan fingerprint density at radius 1 is 1.47 bits per heavy atom. The van der Waals surface area contributed by atoms with Crippen molar-refractivity contribution < 1.29 is 4.92 Å². The van der Waals surface area contributed by atoms with Gasteiger partial charge in [-0.2, -0.15) is 0 Å². The van der Waals surface area contributed by atoms with E-state index in [1.807, 2.05) is 0 Å². The average molecular weight is 205 g/mol. The average Bonchev–Trinajstić information content (AvgIpc) is 2.16. The topological polar surface area (TPSA) is 88.9 Å². The van der Waals surface area contributed by atoms with Crippen LogP contribution in [0.1, 0.15) is 5.82 Å². The van der Waals surface area contributed by atoms with Crippen LogP contribution in [-0.4, -0.2) is 14.9 Å². The first kappa shape index (κ1) is 9.32. The van der Waals surface area contributed by atoms with Gasteiger partial charge in [0.1, 0.15) is 5.82 Å². The van der Waals surface area contributed by atoms with Gasteiger partial charge in [-0.3, -0.25) is 14.9 Å². The number of hydrogen-bond donors (Lipinski definition) is 1. The minimum Gasteiger partial charge on any atom is -0.310 e. The minimum absolute atomic E-state index is 0.128. The first-order chi connectivity index (χ1) is 7.09. The van der Waals surface area contributed by atoms with Crippen LogP contribution in [0.2, 0.25) is 0 Å². The zero-order valence-electron chi connectivity index (χ0n) is 7.85. The van der Waals surface area contributed by atoms with Gasteiger partial charge in [-0.25, -0.2) is 4.98 Å². The molecule has 0 aliphatic heterocycles. The van der Waals surface area contributed by atoms with Gasteiger partial charge in [0.05, 0.1) is 10.3 Å². The third-order valence-electron chi connectivity index (χ3n) is 2.03. The monoisotopic (exact) mass is 205 g/mol. The summed E-state index contributed by atoms with van der Waals surface area (Å²) in [7, 11) is 0. The van der Waals surface area contributed by atoms with Crippen molar-refractivity contribution in [1.82, 2.24) is 9.97 Å². The van der Waals surface area contributed by atoms with E-state index < -0.39 is 4.92 Å². The van der Waals surface area contributed by atoms with Gasteiger partial charge in [0.25, 0.3) is 11.2 Å². The molecular formula is C9H7N3O3. The molecule has 0 atom stereocenters. The fourth-order valence-electron chi connectivity index (χ4n) is 1.41. The Kier molecular flexibility index (Phi) is 1.96. The van der Waals surface area contributed by atoms with Gasteiger partial charge in [0.15, 0.2) is 5.52 Å². The molecule has 0 saturated carbocycles. The maximum atomic E-state index is 11.5. The predicted octanol–water partition coefficient (Wildman–Crippen LogP) is 1.14. The quantitative estimate of drug-likeness (QED) is 0.558. The summed E-state index contributed by atoms with van der Waals surface area (Å²) in [6.07, 6.45) is 0. The molecule has 2 rings (SSSR count). The third kappa shape index (κ3) is 1.45. The van der Waals surface area contributed by atoms with Crippen molar-refractivity contribution in [3.63, 3.8) is 0 Å². The largest absolute Gasteiger partial charge is 0.310 e. The third-order valence-corrected chi connectivity index (χ3v) is 2.03. The highest BCUT2D eigenvalue weighted by molar-refractivity contribution is 5.86. The normalized spacial score (nSPS) is 10.5. The summed E-state index contributed by atoms with van der Waals surface area (Å²) in [4.78, 5) is 28.1. The van der Waals surface area contributed by atoms with Gasteiger partial charge in [-0.05, 0) is 13.0 Å². The number of rotatable bonds is 1. The van der Waals surface area contributed by atoms with E-state index in [9.17, 15) is 14.9 Å². The first-order valence-corrected chi connectivity index (χ1v) is 4.23. The Bertz CT molecular complexity index is 603. The molecule has 1 aromatic carbocycles. The Morgan fingerprint density at radius 2 is 2.20 bits per heavy atom. The lowest BCUT2D eigenvalue weighted by Gasteiger charge is -1.98. The van der Waals surface area contributed by atoms with Crippen LogP contribution < -0.4 is 5.56 Å². The summed E-state index contributed by atoms with van der Waals surface area (Å²) in [6.45, 7) is 1.58. The van der Waals surface area contributed by atoms with Crippen LogP contribution in [0.5, 0.6) is 0 Å². The molecule has 1 heterocycles. The highest BCUT2D eigenvalue weighted by atomic mass is 16.6. The van der Waals surface area contributed by atoms with E-state index in [2.05, 4.69) is 9.97 Å². The van der Waals surface area contributed by atoms with E-state index in [1.54, 1.807) is 6.92 Å². The number of H-pyrrole nitrogens is 1. The van der Waals surface area contributed by atoms with Crippen molar-refractivity contribution in [3.05, 3.63) is 44.5 Å². The van der Waals surface area contributed by atoms with Crippen molar-refractivity contribution in [2.75, 3.05) is 0 Å². The summed E-state index contributed by atoms with van der Waals surface area (Å²) >= 11 is 0. The molecule has 2 aromatic rings. The number of non-ortho nitro benzene ring substituents is 1. The van der Waals surface area contributed by atoms with Crippen LogP contribution in [0.25, 0.3) is 10.9 Å². The number of hydrogen-bond acceptors (Lipinski definition) is 4. The number of benzene rings is 1. The molecular weight excluding hydrogens is 198 g/mol. The number of fused-ring (bicyclic) bond motifs is 1. The summed E-state index contributed by atoms with van der Waals surface area (Å²) < 4.78 is 0. The molecule has 76 valence electrons. The molecule has 0 spiro atoms. The Hall–Kier alpha value is -2.24. The van der Waals surface area contributed by atoms with E-state index in [0.29, 0.717) is 5.82 Å². The summed E-state index contributed by atoms with van der Waals surface area (Å²) in [5.74, 6) is 0.363. The van der Waals surface area contributed by atoms with Crippen molar-refractivity contribution in [1.29, 1.82) is 0 Å². The van der Waals surface area contributed by atoms with Gasteiger partial charge in [0, 0.05) is 6.07 Å². The SMILES string of the molecule is Cc1nc2c([N+](=O)[O-])cccc2c(=O)[nH]1. The molecule has 1 aromatic heterocycles. The van der Waals surface area contributed by atoms with E-state index in [0.717, 1.165) is 0 Å². The van der Waals surface area contributed by atoms with E-state index in [-0.39, 0.29) is 22.1 Å². The van der Waals surface area contributed by atoms with Gasteiger partial charge >= 0.3 is 0 Å². The van der Waals surface area contributed by atoms with Crippen LogP contribution in [0.15, 0.2) is 23.0 Å². The lowest BCUT2D eigenvalue weighted by atomic mass is 10.2. The Balaban J connectivity index is 2.97. The number of nitro benzene ring substituents is 1. The molecule has 0 aliphatic carbocycles. The van der Waals surface area contributed by atoms with E-state index >= 15 is 0 Å². The number of aromatic nitrogens is 2. The number of aryl methyl sites for hydroxylation is 1. The molecule has 0 unspecified atom stereocenters. The lowest BCUT2D eigenvalue weighted by Crippen LogP contribution is -2.10. The fraction of sp³-hybridized carbons (Fsp3) is 0.111. The maximum absolute atomic E-state index is 11.5.